The number of benzene rings is 1. The first-order valence-corrected chi connectivity index (χ1v) is 8.07. The van der Waals surface area contributed by atoms with Crippen molar-refractivity contribution in [2.24, 2.45) is 5.92 Å². The summed E-state index contributed by atoms with van der Waals surface area (Å²) in [5, 5.41) is 10.9. The molecule has 1 fully saturated rings. The van der Waals surface area contributed by atoms with Crippen molar-refractivity contribution in [3.8, 4) is 5.75 Å². The third-order valence-electron chi connectivity index (χ3n) is 4.55. The van der Waals surface area contributed by atoms with E-state index < -0.39 is 0 Å². The standard InChI is InChI=1S/C18H23NO3/c1-3-13-7-15-14(11-19-6-4-5-12(2)10-19)8-18(21)22-17(15)9-16(13)20/h7-9,12,20H,3-6,10-11H2,1-2H3/t12-/m0/s1. The lowest BCUT2D eigenvalue weighted by molar-refractivity contribution is 0.177. The molecule has 1 N–H and O–H groups in total. The molecule has 4 heteroatoms. The van der Waals surface area contributed by atoms with Crippen LogP contribution in [0.15, 0.2) is 27.4 Å². The summed E-state index contributed by atoms with van der Waals surface area (Å²) >= 11 is 0. The van der Waals surface area contributed by atoms with Gasteiger partial charge < -0.3 is 9.52 Å². The molecule has 0 aliphatic carbocycles. The van der Waals surface area contributed by atoms with Gasteiger partial charge in [0.25, 0.3) is 0 Å². The summed E-state index contributed by atoms with van der Waals surface area (Å²) < 4.78 is 5.26. The van der Waals surface area contributed by atoms with Gasteiger partial charge in [0.1, 0.15) is 11.3 Å². The van der Waals surface area contributed by atoms with E-state index in [1.54, 1.807) is 12.1 Å². The van der Waals surface area contributed by atoms with Crippen molar-refractivity contribution in [3.63, 3.8) is 0 Å². The molecule has 0 radical (unpaired) electrons. The van der Waals surface area contributed by atoms with Crippen LogP contribution >= 0.6 is 0 Å². The Hall–Kier alpha value is -1.81. The largest absolute Gasteiger partial charge is 0.508 e. The minimum atomic E-state index is -0.351. The van der Waals surface area contributed by atoms with Crippen LogP contribution in [-0.4, -0.2) is 23.1 Å². The maximum Gasteiger partial charge on any atom is 0.336 e. The van der Waals surface area contributed by atoms with Gasteiger partial charge in [-0.15, -0.1) is 0 Å². The van der Waals surface area contributed by atoms with E-state index >= 15 is 0 Å². The SMILES string of the molecule is CCc1cc2c(CN3CCC[C@H](C)C3)cc(=O)oc2cc1O. The molecule has 4 nitrogen and oxygen atoms in total. The van der Waals surface area contributed by atoms with E-state index in [0.717, 1.165) is 42.6 Å². The lowest BCUT2D eigenvalue weighted by Crippen LogP contribution is -2.34. The molecule has 1 aromatic carbocycles. The summed E-state index contributed by atoms with van der Waals surface area (Å²) in [4.78, 5) is 14.2. The molecular weight excluding hydrogens is 278 g/mol. The van der Waals surface area contributed by atoms with Crippen LogP contribution in [0.25, 0.3) is 11.0 Å². The minimum absolute atomic E-state index is 0.196. The van der Waals surface area contributed by atoms with Gasteiger partial charge in [-0.3, -0.25) is 4.90 Å². The molecular formula is C18H23NO3. The number of rotatable bonds is 3. The fourth-order valence-corrected chi connectivity index (χ4v) is 3.39. The molecule has 22 heavy (non-hydrogen) atoms. The summed E-state index contributed by atoms with van der Waals surface area (Å²) in [5.74, 6) is 0.900. The molecule has 118 valence electrons. The van der Waals surface area contributed by atoms with Crippen molar-refractivity contribution in [2.75, 3.05) is 13.1 Å². The Kier molecular flexibility index (Phi) is 4.21. The molecule has 2 heterocycles. The number of hydrogen-bond donors (Lipinski definition) is 1. The third-order valence-corrected chi connectivity index (χ3v) is 4.55. The van der Waals surface area contributed by atoms with Crippen LogP contribution in [0.5, 0.6) is 5.75 Å². The van der Waals surface area contributed by atoms with Crippen LogP contribution in [0.4, 0.5) is 0 Å². The van der Waals surface area contributed by atoms with Crippen molar-refractivity contribution in [1.29, 1.82) is 0 Å². The van der Waals surface area contributed by atoms with E-state index in [1.807, 2.05) is 13.0 Å². The topological polar surface area (TPSA) is 53.7 Å². The highest BCUT2D eigenvalue weighted by Crippen LogP contribution is 2.28. The zero-order valence-corrected chi connectivity index (χ0v) is 13.3. The number of aryl methyl sites for hydroxylation is 1. The first kappa shape index (κ1) is 15.1. The van der Waals surface area contributed by atoms with Crippen molar-refractivity contribution in [3.05, 3.63) is 39.7 Å². The first-order chi connectivity index (χ1) is 10.6. The Morgan fingerprint density at radius 2 is 2.14 bits per heavy atom. The molecule has 0 spiro atoms. The summed E-state index contributed by atoms with van der Waals surface area (Å²) in [7, 11) is 0. The van der Waals surface area contributed by atoms with Crippen LogP contribution in [0.2, 0.25) is 0 Å². The lowest BCUT2D eigenvalue weighted by Gasteiger charge is -2.31. The highest BCUT2D eigenvalue weighted by atomic mass is 16.4. The van der Waals surface area contributed by atoms with Crippen molar-refractivity contribution in [1.82, 2.24) is 4.90 Å². The van der Waals surface area contributed by atoms with Gasteiger partial charge in [-0.2, -0.15) is 0 Å². The fraction of sp³-hybridized carbons (Fsp3) is 0.500. The molecule has 3 rings (SSSR count). The van der Waals surface area contributed by atoms with Crippen LogP contribution in [0.3, 0.4) is 0 Å². The van der Waals surface area contributed by atoms with Crippen molar-refractivity contribution < 1.29 is 9.52 Å². The molecule has 0 unspecified atom stereocenters. The van der Waals surface area contributed by atoms with Crippen LogP contribution in [-0.2, 0) is 13.0 Å². The third kappa shape index (κ3) is 3.02. The van der Waals surface area contributed by atoms with Crippen molar-refractivity contribution in [2.45, 2.75) is 39.7 Å². The second kappa shape index (κ2) is 6.13. The van der Waals surface area contributed by atoms with E-state index in [9.17, 15) is 9.90 Å². The Labute approximate surface area is 130 Å². The molecule has 1 atom stereocenters. The van der Waals surface area contributed by atoms with E-state index in [-0.39, 0.29) is 11.4 Å². The quantitative estimate of drug-likeness (QED) is 0.884. The fourth-order valence-electron chi connectivity index (χ4n) is 3.39. The van der Waals surface area contributed by atoms with Crippen LogP contribution in [0, 0.1) is 5.92 Å². The zero-order valence-electron chi connectivity index (χ0n) is 13.3. The molecule has 0 bridgehead atoms. The molecule has 1 aromatic heterocycles. The van der Waals surface area contributed by atoms with E-state index in [2.05, 4.69) is 11.8 Å². The number of likely N-dealkylation sites (tertiary alicyclic amines) is 1. The second-order valence-electron chi connectivity index (χ2n) is 6.40. The molecule has 1 saturated heterocycles. The normalized spacial score (nSPS) is 19.6. The molecule has 0 saturated carbocycles. The number of nitrogens with zero attached hydrogens (tertiary/aromatic N) is 1. The predicted octanol–water partition coefficient (Wildman–Crippen LogP) is 3.29. The summed E-state index contributed by atoms with van der Waals surface area (Å²) in [6.45, 7) is 7.19. The number of phenolic OH excluding ortho intramolecular Hbond substituents is 1. The minimum Gasteiger partial charge on any atom is -0.508 e. The van der Waals surface area contributed by atoms with Crippen LogP contribution < -0.4 is 5.63 Å². The van der Waals surface area contributed by atoms with Gasteiger partial charge in [0.15, 0.2) is 0 Å². The maximum absolute atomic E-state index is 11.8. The average molecular weight is 301 g/mol. The smallest absolute Gasteiger partial charge is 0.336 e. The van der Waals surface area contributed by atoms with Gasteiger partial charge in [-0.25, -0.2) is 4.79 Å². The van der Waals surface area contributed by atoms with E-state index in [0.29, 0.717) is 11.5 Å². The predicted molar refractivity (Wildman–Crippen MR) is 87.2 cm³/mol. The number of phenols is 1. The van der Waals surface area contributed by atoms with E-state index in [4.69, 9.17) is 4.42 Å². The Balaban J connectivity index is 2.02. The average Bonchev–Trinajstić information content (AvgIpc) is 2.46. The summed E-state index contributed by atoms with van der Waals surface area (Å²) in [6.07, 6.45) is 3.24. The number of aromatic hydroxyl groups is 1. The molecule has 2 aromatic rings. The molecule has 1 aliphatic heterocycles. The summed E-state index contributed by atoms with van der Waals surface area (Å²) in [5.41, 5.74) is 2.00. The van der Waals surface area contributed by atoms with Gasteiger partial charge in [0, 0.05) is 30.6 Å². The van der Waals surface area contributed by atoms with E-state index in [1.165, 1.54) is 12.8 Å². The highest BCUT2D eigenvalue weighted by Gasteiger charge is 2.18. The van der Waals surface area contributed by atoms with Gasteiger partial charge >= 0.3 is 5.63 Å². The summed E-state index contributed by atoms with van der Waals surface area (Å²) in [6, 6.07) is 5.12. The monoisotopic (exact) mass is 301 g/mol. The van der Waals surface area contributed by atoms with Gasteiger partial charge in [-0.1, -0.05) is 13.8 Å². The Bertz CT molecular complexity index is 735. The maximum atomic E-state index is 11.8. The van der Waals surface area contributed by atoms with Gasteiger partial charge in [0.05, 0.1) is 0 Å². The number of fused-ring (bicyclic) bond motifs is 1. The van der Waals surface area contributed by atoms with Gasteiger partial charge in [0.2, 0.25) is 0 Å². The van der Waals surface area contributed by atoms with Gasteiger partial charge in [-0.05, 0) is 48.9 Å². The molecule has 0 amide bonds. The van der Waals surface area contributed by atoms with Crippen molar-refractivity contribution >= 4 is 11.0 Å². The second-order valence-corrected chi connectivity index (χ2v) is 6.40. The number of hydrogen-bond acceptors (Lipinski definition) is 4. The number of piperidine rings is 1. The Morgan fingerprint density at radius 3 is 2.86 bits per heavy atom. The highest BCUT2D eigenvalue weighted by molar-refractivity contribution is 5.82. The zero-order chi connectivity index (χ0) is 15.7. The Morgan fingerprint density at radius 1 is 1.32 bits per heavy atom. The van der Waals surface area contributed by atoms with Crippen LogP contribution in [0.1, 0.15) is 37.8 Å². The molecule has 1 aliphatic rings. The first-order valence-electron chi connectivity index (χ1n) is 8.07. The lowest BCUT2D eigenvalue weighted by atomic mass is 9.99.